The Morgan fingerprint density at radius 1 is 1.31 bits per heavy atom. The summed E-state index contributed by atoms with van der Waals surface area (Å²) in [5.74, 6) is -0.880. The van der Waals surface area contributed by atoms with Crippen molar-refractivity contribution < 1.29 is 19.2 Å². The van der Waals surface area contributed by atoms with Gasteiger partial charge >= 0.3 is 5.97 Å². The fourth-order valence-corrected chi connectivity index (χ4v) is 3.89. The van der Waals surface area contributed by atoms with E-state index < -0.39 is 10.8 Å². The van der Waals surface area contributed by atoms with E-state index in [9.17, 15) is 19.7 Å². The highest BCUT2D eigenvalue weighted by Crippen LogP contribution is 2.31. The molecule has 9 nitrogen and oxygen atoms in total. The van der Waals surface area contributed by atoms with Gasteiger partial charge in [-0.3, -0.25) is 25.0 Å². The molecule has 0 saturated carbocycles. The van der Waals surface area contributed by atoms with Gasteiger partial charge < -0.3 is 9.64 Å². The zero-order valence-electron chi connectivity index (χ0n) is 16.1. The Morgan fingerprint density at radius 3 is 2.76 bits per heavy atom. The molecule has 0 bridgehead atoms. The molecule has 1 aromatic heterocycles. The van der Waals surface area contributed by atoms with Crippen LogP contribution >= 0.6 is 11.3 Å². The fourth-order valence-electron chi connectivity index (χ4n) is 3.19. The molecule has 0 spiro atoms. The number of piperidine rings is 1. The van der Waals surface area contributed by atoms with Crippen molar-refractivity contribution in [2.24, 2.45) is 0 Å². The van der Waals surface area contributed by atoms with Crippen LogP contribution < -0.4 is 10.2 Å². The van der Waals surface area contributed by atoms with Gasteiger partial charge in [0.15, 0.2) is 5.13 Å². The van der Waals surface area contributed by atoms with Crippen LogP contribution in [0.1, 0.15) is 42.2 Å². The molecule has 0 atom stereocenters. The van der Waals surface area contributed by atoms with Gasteiger partial charge in [0.05, 0.1) is 23.6 Å². The molecule has 1 saturated heterocycles. The number of aromatic nitrogens is 1. The van der Waals surface area contributed by atoms with Crippen molar-refractivity contribution in [3.8, 4) is 0 Å². The number of anilines is 2. The predicted octanol–water partition coefficient (Wildman–Crippen LogP) is 3.40. The molecule has 1 fully saturated rings. The molecular formula is C19H22N4O5S. The summed E-state index contributed by atoms with van der Waals surface area (Å²) in [5, 5.41) is 16.2. The van der Waals surface area contributed by atoms with E-state index >= 15 is 0 Å². The quantitative estimate of drug-likeness (QED) is 0.416. The summed E-state index contributed by atoms with van der Waals surface area (Å²) >= 11 is 1.18. The van der Waals surface area contributed by atoms with Crippen molar-refractivity contribution >= 4 is 39.7 Å². The Balaban J connectivity index is 1.72. The van der Waals surface area contributed by atoms with Crippen molar-refractivity contribution in [2.75, 3.05) is 29.9 Å². The van der Waals surface area contributed by atoms with Gasteiger partial charge in [-0.25, -0.2) is 4.98 Å². The van der Waals surface area contributed by atoms with Gasteiger partial charge in [0.2, 0.25) is 0 Å². The van der Waals surface area contributed by atoms with E-state index in [1.54, 1.807) is 24.4 Å². The second-order valence-electron chi connectivity index (χ2n) is 6.59. The van der Waals surface area contributed by atoms with Gasteiger partial charge in [0.1, 0.15) is 5.69 Å². The first-order valence-electron chi connectivity index (χ1n) is 9.42. The van der Waals surface area contributed by atoms with Gasteiger partial charge in [0, 0.05) is 30.1 Å². The maximum atomic E-state index is 12.5. The minimum absolute atomic E-state index is 0.0240. The highest BCUT2D eigenvalue weighted by Gasteiger charge is 2.23. The number of hydrogen-bond acceptors (Lipinski definition) is 8. The lowest BCUT2D eigenvalue weighted by atomic mass is 10.1. The van der Waals surface area contributed by atoms with E-state index in [4.69, 9.17) is 4.74 Å². The molecule has 0 aliphatic carbocycles. The Labute approximate surface area is 171 Å². The highest BCUT2D eigenvalue weighted by atomic mass is 32.1. The number of nitro groups is 1. The van der Waals surface area contributed by atoms with Crippen molar-refractivity contribution in [2.45, 2.75) is 32.6 Å². The third-order valence-electron chi connectivity index (χ3n) is 4.53. The molecule has 0 unspecified atom stereocenters. The number of carbonyl (C=O) groups excluding carboxylic acids is 2. The third-order valence-corrected chi connectivity index (χ3v) is 5.34. The average molecular weight is 418 g/mol. The topological polar surface area (TPSA) is 115 Å². The van der Waals surface area contributed by atoms with Crippen LogP contribution in [0.5, 0.6) is 0 Å². The molecule has 2 heterocycles. The molecule has 1 aliphatic rings. The first-order chi connectivity index (χ1) is 14.0. The summed E-state index contributed by atoms with van der Waals surface area (Å²) in [4.78, 5) is 41.3. The van der Waals surface area contributed by atoms with Gasteiger partial charge in [-0.05, 0) is 38.3 Å². The number of benzene rings is 1. The van der Waals surface area contributed by atoms with Crippen LogP contribution in [0.4, 0.5) is 16.5 Å². The Bertz CT molecular complexity index is 908. The normalized spacial score (nSPS) is 13.8. The molecule has 1 aromatic carbocycles. The van der Waals surface area contributed by atoms with Crippen LogP contribution in [-0.4, -0.2) is 41.5 Å². The van der Waals surface area contributed by atoms with E-state index in [1.165, 1.54) is 17.4 Å². The first kappa shape index (κ1) is 20.7. The highest BCUT2D eigenvalue weighted by molar-refractivity contribution is 7.14. The standard InChI is InChI=1S/C19H22N4O5S/c1-2-28-17(24)11-14-12-29-19(20-14)21-18(25)13-6-7-15(16(10-13)23(26)27)22-8-4-3-5-9-22/h6-7,10,12H,2-5,8-9,11H2,1H3,(H,20,21,25). The number of nitro benzene ring substituents is 1. The lowest BCUT2D eigenvalue weighted by molar-refractivity contribution is -0.384. The first-order valence-corrected chi connectivity index (χ1v) is 10.3. The minimum Gasteiger partial charge on any atom is -0.466 e. The molecule has 1 amide bonds. The number of ether oxygens (including phenoxy) is 1. The summed E-state index contributed by atoms with van der Waals surface area (Å²) in [6, 6.07) is 4.51. The number of rotatable bonds is 7. The van der Waals surface area contributed by atoms with Crippen LogP contribution in [0.2, 0.25) is 0 Å². The van der Waals surface area contributed by atoms with E-state index in [0.717, 1.165) is 32.4 Å². The second kappa shape index (κ2) is 9.46. The Kier molecular flexibility index (Phi) is 6.76. The summed E-state index contributed by atoms with van der Waals surface area (Å²) in [7, 11) is 0. The lowest BCUT2D eigenvalue weighted by Crippen LogP contribution is -2.30. The molecule has 10 heteroatoms. The lowest BCUT2D eigenvalue weighted by Gasteiger charge is -2.28. The molecular weight excluding hydrogens is 396 g/mol. The summed E-state index contributed by atoms with van der Waals surface area (Å²) in [5.41, 5.74) is 1.13. The predicted molar refractivity (Wildman–Crippen MR) is 110 cm³/mol. The number of nitrogens with zero attached hydrogens (tertiary/aromatic N) is 3. The smallest absolute Gasteiger partial charge is 0.311 e. The Morgan fingerprint density at radius 2 is 2.07 bits per heavy atom. The molecule has 1 aliphatic heterocycles. The summed E-state index contributed by atoms with van der Waals surface area (Å²) in [6.07, 6.45) is 3.14. The van der Waals surface area contributed by atoms with E-state index in [1.807, 2.05) is 4.90 Å². The molecule has 3 rings (SSSR count). The number of thiazole rings is 1. The van der Waals surface area contributed by atoms with Gasteiger partial charge in [-0.1, -0.05) is 0 Å². The van der Waals surface area contributed by atoms with Crippen molar-refractivity contribution in [1.29, 1.82) is 0 Å². The maximum Gasteiger partial charge on any atom is 0.311 e. The van der Waals surface area contributed by atoms with E-state index in [-0.39, 0.29) is 23.6 Å². The van der Waals surface area contributed by atoms with Crippen molar-refractivity contribution in [3.63, 3.8) is 0 Å². The summed E-state index contributed by atoms with van der Waals surface area (Å²) < 4.78 is 4.87. The number of esters is 1. The number of carbonyl (C=O) groups is 2. The number of nitrogens with one attached hydrogen (secondary N) is 1. The SMILES string of the molecule is CCOC(=O)Cc1csc(NC(=O)c2ccc(N3CCCCC3)c([N+](=O)[O-])c2)n1. The minimum atomic E-state index is -0.490. The van der Waals surface area contributed by atoms with Crippen LogP contribution in [0.25, 0.3) is 0 Å². The van der Waals surface area contributed by atoms with Gasteiger partial charge in [0.25, 0.3) is 11.6 Å². The zero-order chi connectivity index (χ0) is 20.8. The van der Waals surface area contributed by atoms with Crippen molar-refractivity contribution in [1.82, 2.24) is 4.98 Å². The molecule has 29 heavy (non-hydrogen) atoms. The van der Waals surface area contributed by atoms with Crippen LogP contribution in [0.3, 0.4) is 0 Å². The third kappa shape index (κ3) is 5.29. The number of hydrogen-bond donors (Lipinski definition) is 1. The molecule has 154 valence electrons. The average Bonchev–Trinajstić information content (AvgIpc) is 3.14. The monoisotopic (exact) mass is 418 g/mol. The summed E-state index contributed by atoms with van der Waals surface area (Å²) in [6.45, 7) is 3.56. The Hall–Kier alpha value is -3.01. The van der Waals surface area contributed by atoms with E-state index in [0.29, 0.717) is 23.1 Å². The molecule has 0 radical (unpaired) electrons. The van der Waals surface area contributed by atoms with Gasteiger partial charge in [-0.15, -0.1) is 11.3 Å². The fraction of sp³-hybridized carbons (Fsp3) is 0.421. The molecule has 2 aromatic rings. The van der Waals surface area contributed by atoms with Gasteiger partial charge in [-0.2, -0.15) is 0 Å². The zero-order valence-corrected chi connectivity index (χ0v) is 16.9. The number of amides is 1. The second-order valence-corrected chi connectivity index (χ2v) is 7.45. The molecule has 1 N–H and O–H groups in total. The van der Waals surface area contributed by atoms with E-state index in [2.05, 4.69) is 10.3 Å². The van der Waals surface area contributed by atoms with Crippen LogP contribution in [-0.2, 0) is 16.0 Å². The maximum absolute atomic E-state index is 12.5. The van der Waals surface area contributed by atoms with Crippen LogP contribution in [0, 0.1) is 10.1 Å². The van der Waals surface area contributed by atoms with Crippen molar-refractivity contribution in [3.05, 3.63) is 45.0 Å². The largest absolute Gasteiger partial charge is 0.466 e. The van der Waals surface area contributed by atoms with Crippen LogP contribution in [0.15, 0.2) is 23.6 Å².